The molecule has 2 aromatic carbocycles. The normalized spacial score (nSPS) is 11.4. The van der Waals surface area contributed by atoms with Gasteiger partial charge in [-0.2, -0.15) is 0 Å². The minimum Gasteiger partial charge on any atom is -0.494 e. The summed E-state index contributed by atoms with van der Waals surface area (Å²) in [4.78, 5) is 24.4. The molecule has 0 aliphatic rings. The molecule has 28 heavy (non-hydrogen) atoms. The lowest BCUT2D eigenvalue weighted by Gasteiger charge is -2.16. The zero-order chi connectivity index (χ0) is 20.5. The Hall–Kier alpha value is -2.44. The maximum Gasteiger partial charge on any atom is 0.279 e. The van der Waals surface area contributed by atoms with Crippen LogP contribution in [0.3, 0.4) is 0 Å². The van der Waals surface area contributed by atoms with Crippen molar-refractivity contribution in [2.75, 3.05) is 6.61 Å². The van der Waals surface area contributed by atoms with Crippen LogP contribution in [0.5, 0.6) is 11.5 Å². The molecule has 6 nitrogen and oxygen atoms in total. The van der Waals surface area contributed by atoms with Crippen LogP contribution in [0.4, 0.5) is 0 Å². The average Bonchev–Trinajstić information content (AvgIpc) is 2.68. The standard InChI is InChI=1S/C20H22Cl2N2O4/c1-3-4-10-27-16-7-5-6-14(11-16)20(26)24-23-19(25)13(2)28-18-9-8-15(21)12-17(18)22/h5-9,11-13H,3-4,10H2,1-2H3,(H,23,25)(H,24,26). The van der Waals surface area contributed by atoms with E-state index >= 15 is 0 Å². The van der Waals surface area contributed by atoms with E-state index in [0.29, 0.717) is 28.7 Å². The zero-order valence-corrected chi connectivity index (χ0v) is 17.1. The van der Waals surface area contributed by atoms with Crippen LogP contribution in [-0.4, -0.2) is 24.5 Å². The number of hydrogen-bond donors (Lipinski definition) is 2. The van der Waals surface area contributed by atoms with Crippen LogP contribution < -0.4 is 20.3 Å². The molecule has 2 aromatic rings. The van der Waals surface area contributed by atoms with Crippen molar-refractivity contribution in [3.63, 3.8) is 0 Å². The van der Waals surface area contributed by atoms with Gasteiger partial charge < -0.3 is 9.47 Å². The summed E-state index contributed by atoms with van der Waals surface area (Å²) in [6.45, 7) is 4.19. The van der Waals surface area contributed by atoms with Gasteiger partial charge in [0.1, 0.15) is 11.5 Å². The second-order valence-corrected chi connectivity index (χ2v) is 6.85. The van der Waals surface area contributed by atoms with E-state index in [1.807, 2.05) is 0 Å². The van der Waals surface area contributed by atoms with Crippen molar-refractivity contribution in [1.82, 2.24) is 10.9 Å². The number of nitrogens with one attached hydrogen (secondary N) is 2. The third-order valence-electron chi connectivity index (χ3n) is 3.73. The van der Waals surface area contributed by atoms with Gasteiger partial charge in [-0.15, -0.1) is 0 Å². The fraction of sp³-hybridized carbons (Fsp3) is 0.300. The summed E-state index contributed by atoms with van der Waals surface area (Å²) in [6.07, 6.45) is 1.07. The Morgan fingerprint density at radius 3 is 2.61 bits per heavy atom. The molecule has 150 valence electrons. The fourth-order valence-electron chi connectivity index (χ4n) is 2.17. The molecule has 2 N–H and O–H groups in total. The molecular weight excluding hydrogens is 403 g/mol. The molecule has 2 rings (SSSR count). The summed E-state index contributed by atoms with van der Waals surface area (Å²) in [5.41, 5.74) is 5.05. The molecule has 0 fully saturated rings. The van der Waals surface area contributed by atoms with Crippen LogP contribution in [-0.2, 0) is 4.79 Å². The highest BCUT2D eigenvalue weighted by Gasteiger charge is 2.17. The van der Waals surface area contributed by atoms with Gasteiger partial charge in [-0.1, -0.05) is 42.6 Å². The van der Waals surface area contributed by atoms with Gasteiger partial charge in [0.15, 0.2) is 6.10 Å². The highest BCUT2D eigenvalue weighted by molar-refractivity contribution is 6.35. The third-order valence-corrected chi connectivity index (χ3v) is 4.26. The van der Waals surface area contributed by atoms with Gasteiger partial charge in [0, 0.05) is 10.6 Å². The number of ether oxygens (including phenoxy) is 2. The first-order valence-electron chi connectivity index (χ1n) is 8.85. The second-order valence-electron chi connectivity index (χ2n) is 6.01. The number of benzene rings is 2. The third kappa shape index (κ3) is 6.62. The van der Waals surface area contributed by atoms with Crippen molar-refractivity contribution >= 4 is 35.0 Å². The first-order chi connectivity index (χ1) is 13.4. The van der Waals surface area contributed by atoms with Crippen LogP contribution in [0.15, 0.2) is 42.5 Å². The topological polar surface area (TPSA) is 76.7 Å². The highest BCUT2D eigenvalue weighted by Crippen LogP contribution is 2.28. The van der Waals surface area contributed by atoms with E-state index in [9.17, 15) is 9.59 Å². The number of carbonyl (C=O) groups is 2. The molecule has 0 bridgehead atoms. The van der Waals surface area contributed by atoms with E-state index in [-0.39, 0.29) is 5.02 Å². The average molecular weight is 425 g/mol. The van der Waals surface area contributed by atoms with E-state index in [2.05, 4.69) is 17.8 Å². The van der Waals surface area contributed by atoms with Gasteiger partial charge in [-0.3, -0.25) is 20.4 Å². The molecule has 1 atom stereocenters. The monoisotopic (exact) mass is 424 g/mol. The van der Waals surface area contributed by atoms with Crippen molar-refractivity contribution in [3.05, 3.63) is 58.1 Å². The Morgan fingerprint density at radius 1 is 1.11 bits per heavy atom. The molecule has 1 unspecified atom stereocenters. The van der Waals surface area contributed by atoms with Crippen LogP contribution in [0.25, 0.3) is 0 Å². The molecule has 8 heteroatoms. The molecule has 0 saturated heterocycles. The number of hydrogen-bond acceptors (Lipinski definition) is 4. The van der Waals surface area contributed by atoms with Crippen LogP contribution in [0.1, 0.15) is 37.0 Å². The molecule has 0 radical (unpaired) electrons. The van der Waals surface area contributed by atoms with E-state index in [1.54, 1.807) is 36.4 Å². The van der Waals surface area contributed by atoms with Gasteiger partial charge in [-0.25, -0.2) is 0 Å². The van der Waals surface area contributed by atoms with Crippen molar-refractivity contribution in [2.24, 2.45) is 0 Å². The molecule has 0 saturated carbocycles. The molecule has 2 amide bonds. The van der Waals surface area contributed by atoms with Gasteiger partial charge in [0.2, 0.25) is 0 Å². The van der Waals surface area contributed by atoms with Gasteiger partial charge >= 0.3 is 0 Å². The number of halogens is 2. The van der Waals surface area contributed by atoms with E-state index < -0.39 is 17.9 Å². The Bertz CT molecular complexity index is 830. The van der Waals surface area contributed by atoms with Crippen molar-refractivity contribution in [2.45, 2.75) is 32.8 Å². The van der Waals surface area contributed by atoms with Crippen molar-refractivity contribution in [1.29, 1.82) is 0 Å². The maximum atomic E-state index is 12.2. The first kappa shape index (κ1) is 21.9. The minimum absolute atomic E-state index is 0.288. The molecule has 0 aromatic heterocycles. The quantitative estimate of drug-likeness (QED) is 0.486. The Labute approximate surface area is 174 Å². The lowest BCUT2D eigenvalue weighted by molar-refractivity contribution is -0.128. The Balaban J connectivity index is 1.87. The molecule has 0 heterocycles. The lowest BCUT2D eigenvalue weighted by Crippen LogP contribution is -2.47. The summed E-state index contributed by atoms with van der Waals surface area (Å²) in [6, 6.07) is 11.4. The number of rotatable bonds is 8. The summed E-state index contributed by atoms with van der Waals surface area (Å²) in [5, 5.41) is 0.749. The number of unbranched alkanes of at least 4 members (excludes halogenated alkanes) is 1. The molecule has 0 aliphatic heterocycles. The predicted molar refractivity (Wildman–Crippen MR) is 109 cm³/mol. The number of amides is 2. The number of carbonyl (C=O) groups excluding carboxylic acids is 2. The maximum absolute atomic E-state index is 12.2. The molecule has 0 spiro atoms. The van der Waals surface area contributed by atoms with Crippen LogP contribution in [0, 0.1) is 0 Å². The Morgan fingerprint density at radius 2 is 1.89 bits per heavy atom. The van der Waals surface area contributed by atoms with E-state index in [0.717, 1.165) is 12.8 Å². The fourth-order valence-corrected chi connectivity index (χ4v) is 2.62. The van der Waals surface area contributed by atoms with Gasteiger partial charge in [0.05, 0.1) is 11.6 Å². The van der Waals surface area contributed by atoms with Crippen molar-refractivity contribution in [3.8, 4) is 11.5 Å². The second kappa shape index (κ2) is 10.8. The van der Waals surface area contributed by atoms with Crippen LogP contribution >= 0.6 is 23.2 Å². The highest BCUT2D eigenvalue weighted by atomic mass is 35.5. The first-order valence-corrected chi connectivity index (χ1v) is 9.61. The summed E-state index contributed by atoms with van der Waals surface area (Å²) in [7, 11) is 0. The minimum atomic E-state index is -0.886. The van der Waals surface area contributed by atoms with Crippen LogP contribution in [0.2, 0.25) is 10.0 Å². The number of hydrazine groups is 1. The zero-order valence-electron chi connectivity index (χ0n) is 15.6. The lowest BCUT2D eigenvalue weighted by atomic mass is 10.2. The Kier molecular flexibility index (Phi) is 8.42. The summed E-state index contributed by atoms with van der Waals surface area (Å²) in [5.74, 6) is -0.0841. The van der Waals surface area contributed by atoms with E-state index in [4.69, 9.17) is 32.7 Å². The smallest absolute Gasteiger partial charge is 0.279 e. The largest absolute Gasteiger partial charge is 0.494 e. The summed E-state index contributed by atoms with van der Waals surface area (Å²) >= 11 is 11.9. The van der Waals surface area contributed by atoms with E-state index in [1.165, 1.54) is 13.0 Å². The van der Waals surface area contributed by atoms with Crippen molar-refractivity contribution < 1.29 is 19.1 Å². The SMILES string of the molecule is CCCCOc1cccc(C(=O)NNC(=O)C(C)Oc2ccc(Cl)cc2Cl)c1. The predicted octanol–water partition coefficient (Wildman–Crippen LogP) is 4.40. The van der Waals surface area contributed by atoms with Gasteiger partial charge in [0.25, 0.3) is 11.8 Å². The summed E-state index contributed by atoms with van der Waals surface area (Å²) < 4.78 is 11.1. The molecular formula is C20H22Cl2N2O4. The molecule has 0 aliphatic carbocycles. The van der Waals surface area contributed by atoms with Gasteiger partial charge in [-0.05, 0) is 49.7 Å².